The van der Waals surface area contributed by atoms with Gasteiger partial charge in [-0.15, -0.1) is 0 Å². The molecule has 0 radical (unpaired) electrons. The Hall–Kier alpha value is -4.79. The van der Waals surface area contributed by atoms with Gasteiger partial charge in [0.15, 0.2) is 0 Å². The second kappa shape index (κ2) is 7.61. The third-order valence-electron chi connectivity index (χ3n) is 6.85. The van der Waals surface area contributed by atoms with Gasteiger partial charge in [0.1, 0.15) is 34.5 Å². The highest BCUT2D eigenvalue weighted by atomic mass is 16.5. The molecule has 2 N–H and O–H groups in total. The summed E-state index contributed by atoms with van der Waals surface area (Å²) in [5.74, 6) is -1.22. The van der Waals surface area contributed by atoms with Crippen molar-refractivity contribution in [2.45, 2.75) is 12.3 Å². The molecule has 0 saturated carbocycles. The van der Waals surface area contributed by atoms with Crippen molar-refractivity contribution in [3.05, 3.63) is 86.6 Å². The molecule has 0 fully saturated rings. The van der Waals surface area contributed by atoms with E-state index in [0.717, 1.165) is 11.1 Å². The molecule has 36 heavy (non-hydrogen) atoms. The van der Waals surface area contributed by atoms with E-state index < -0.39 is 17.3 Å². The van der Waals surface area contributed by atoms with Gasteiger partial charge in [0.25, 0.3) is 0 Å². The van der Waals surface area contributed by atoms with Crippen LogP contribution in [0.5, 0.6) is 17.2 Å². The third-order valence-corrected chi connectivity index (χ3v) is 6.85. The van der Waals surface area contributed by atoms with Crippen molar-refractivity contribution in [2.75, 3.05) is 0 Å². The van der Waals surface area contributed by atoms with E-state index in [0.29, 0.717) is 16.6 Å². The quantitative estimate of drug-likeness (QED) is 0.290. The van der Waals surface area contributed by atoms with Crippen molar-refractivity contribution in [3.63, 3.8) is 0 Å². The van der Waals surface area contributed by atoms with Crippen LogP contribution in [-0.4, -0.2) is 25.3 Å². The molecule has 3 aromatic carbocycles. The summed E-state index contributed by atoms with van der Waals surface area (Å²) in [6, 6.07) is 12.8. The topological polar surface area (TPSA) is 124 Å². The number of aromatic hydroxyl groups is 2. The summed E-state index contributed by atoms with van der Waals surface area (Å²) in [4.78, 5) is 38.4. The normalized spacial score (nSPS) is 15.3. The Balaban J connectivity index is 1.60. The molecule has 1 atom stereocenters. The molecule has 9 nitrogen and oxygen atoms in total. The molecule has 1 aliphatic heterocycles. The molecule has 1 aliphatic rings. The number of ether oxygens (including phenoxy) is 1. The highest BCUT2D eigenvalue weighted by Crippen LogP contribution is 2.46. The fourth-order valence-electron chi connectivity index (χ4n) is 5.00. The van der Waals surface area contributed by atoms with Gasteiger partial charge in [-0.05, 0) is 35.4 Å². The van der Waals surface area contributed by atoms with E-state index in [1.807, 2.05) is 18.2 Å². The first-order chi connectivity index (χ1) is 17.2. The predicted molar refractivity (Wildman–Crippen MR) is 132 cm³/mol. The monoisotopic (exact) mass is 484 g/mol. The number of benzene rings is 3. The van der Waals surface area contributed by atoms with Gasteiger partial charge in [0.05, 0.1) is 23.0 Å². The number of fused-ring (bicyclic) bond motifs is 4. The van der Waals surface area contributed by atoms with Crippen LogP contribution in [0.1, 0.15) is 23.5 Å². The number of hydrogen-bond acceptors (Lipinski definition) is 7. The summed E-state index contributed by atoms with van der Waals surface area (Å²) in [6.45, 7) is 0. The van der Waals surface area contributed by atoms with Gasteiger partial charge >= 0.3 is 11.7 Å². The molecule has 5 aromatic rings. The molecular formula is C27H20N2O7. The summed E-state index contributed by atoms with van der Waals surface area (Å²) in [5.41, 5.74) is 2.85. The Morgan fingerprint density at radius 2 is 1.64 bits per heavy atom. The van der Waals surface area contributed by atoms with Gasteiger partial charge in [-0.2, -0.15) is 0 Å². The molecule has 6 rings (SSSR count). The second-order valence-electron chi connectivity index (χ2n) is 8.92. The smallest absolute Gasteiger partial charge is 0.328 e. The maximum atomic E-state index is 13.5. The molecule has 0 unspecified atom stereocenters. The van der Waals surface area contributed by atoms with Gasteiger partial charge in [-0.1, -0.05) is 18.2 Å². The minimum Gasteiger partial charge on any atom is -0.508 e. The minimum atomic E-state index is -0.535. The molecule has 2 aromatic heterocycles. The van der Waals surface area contributed by atoms with E-state index >= 15 is 0 Å². The van der Waals surface area contributed by atoms with Crippen LogP contribution in [0, 0.1) is 0 Å². The standard InChI is InChI=1S/C27H20N2O7/c1-28-18-8-5-14(9-19(18)29(2)27(28)34)16-10-22(32)36-21-11-20(31)24-25(33)17(12-35-26(24)23(16)21)13-3-6-15(30)7-4-13/h3-9,11-12,16,30-31H,10H2,1-2H3/t16-/m0/s1. The van der Waals surface area contributed by atoms with E-state index in [-0.39, 0.29) is 45.9 Å². The highest BCUT2D eigenvalue weighted by Gasteiger charge is 2.34. The van der Waals surface area contributed by atoms with Gasteiger partial charge < -0.3 is 19.4 Å². The number of rotatable bonds is 2. The van der Waals surface area contributed by atoms with E-state index in [9.17, 15) is 24.6 Å². The molecule has 0 amide bonds. The van der Waals surface area contributed by atoms with E-state index in [4.69, 9.17) is 9.15 Å². The molecule has 0 aliphatic carbocycles. The average Bonchev–Trinajstić information content (AvgIpc) is 3.07. The SMILES string of the molecule is Cn1c(=O)n(C)c2cc([C@@H]3CC(=O)Oc4cc(O)c5c(=O)c(-c6ccc(O)cc6)coc5c43)ccc21. The average molecular weight is 484 g/mol. The zero-order chi connectivity index (χ0) is 25.3. The first kappa shape index (κ1) is 21.7. The van der Waals surface area contributed by atoms with Crippen molar-refractivity contribution in [1.82, 2.24) is 9.13 Å². The van der Waals surface area contributed by atoms with Crippen molar-refractivity contribution in [1.29, 1.82) is 0 Å². The lowest BCUT2D eigenvalue weighted by Crippen LogP contribution is -2.22. The summed E-state index contributed by atoms with van der Waals surface area (Å²) in [6.07, 6.45) is 1.29. The fourth-order valence-corrected chi connectivity index (χ4v) is 5.00. The first-order valence-corrected chi connectivity index (χ1v) is 11.2. The Labute approximate surface area is 203 Å². The van der Waals surface area contributed by atoms with Gasteiger partial charge in [0.2, 0.25) is 5.43 Å². The van der Waals surface area contributed by atoms with Gasteiger partial charge in [0, 0.05) is 31.6 Å². The lowest BCUT2D eigenvalue weighted by atomic mass is 9.84. The van der Waals surface area contributed by atoms with Crippen LogP contribution in [0.25, 0.3) is 33.1 Å². The molecular weight excluding hydrogens is 464 g/mol. The van der Waals surface area contributed by atoms with Crippen LogP contribution < -0.4 is 15.9 Å². The van der Waals surface area contributed by atoms with Gasteiger partial charge in [-0.3, -0.25) is 18.7 Å². The van der Waals surface area contributed by atoms with Crippen LogP contribution in [0.3, 0.4) is 0 Å². The van der Waals surface area contributed by atoms with Crippen molar-refractivity contribution < 1.29 is 24.2 Å². The van der Waals surface area contributed by atoms with Gasteiger partial charge in [-0.25, -0.2) is 4.79 Å². The lowest BCUT2D eigenvalue weighted by molar-refractivity contribution is -0.135. The number of hydrogen-bond donors (Lipinski definition) is 2. The molecule has 3 heterocycles. The third kappa shape index (κ3) is 3.06. The highest BCUT2D eigenvalue weighted by molar-refractivity contribution is 5.94. The molecule has 9 heteroatoms. The molecule has 0 spiro atoms. The summed E-state index contributed by atoms with van der Waals surface area (Å²) < 4.78 is 14.4. The lowest BCUT2D eigenvalue weighted by Gasteiger charge is -2.26. The van der Waals surface area contributed by atoms with Crippen molar-refractivity contribution in [2.24, 2.45) is 14.1 Å². The summed E-state index contributed by atoms with van der Waals surface area (Å²) in [7, 11) is 3.36. The Morgan fingerprint density at radius 3 is 2.39 bits per heavy atom. The minimum absolute atomic E-state index is 0.0113. The maximum absolute atomic E-state index is 13.5. The number of aryl methyl sites for hydroxylation is 2. The maximum Gasteiger partial charge on any atom is 0.328 e. The summed E-state index contributed by atoms with van der Waals surface area (Å²) in [5, 5.41) is 20.3. The number of phenolic OH excluding ortho intramolecular Hbond substituents is 2. The number of nitrogens with zero attached hydrogens (tertiary/aromatic N) is 2. The van der Waals surface area contributed by atoms with Crippen LogP contribution in [-0.2, 0) is 18.9 Å². The van der Waals surface area contributed by atoms with Crippen LogP contribution in [0.15, 0.2) is 68.8 Å². The molecule has 180 valence electrons. The van der Waals surface area contributed by atoms with E-state index in [1.165, 1.54) is 29.0 Å². The Kier molecular flexibility index (Phi) is 4.59. The van der Waals surface area contributed by atoms with E-state index in [2.05, 4.69) is 0 Å². The zero-order valence-electron chi connectivity index (χ0n) is 19.3. The van der Waals surface area contributed by atoms with Crippen LogP contribution >= 0.6 is 0 Å². The van der Waals surface area contributed by atoms with Crippen LogP contribution in [0.2, 0.25) is 0 Å². The number of carbonyl (C=O) groups excluding carboxylic acids is 1. The number of phenols is 2. The number of aromatic nitrogens is 2. The largest absolute Gasteiger partial charge is 0.508 e. The fraction of sp³-hybridized carbons (Fsp3) is 0.148. The molecule has 0 bridgehead atoms. The number of esters is 1. The van der Waals surface area contributed by atoms with Crippen molar-refractivity contribution >= 4 is 28.0 Å². The predicted octanol–water partition coefficient (Wildman–Crippen LogP) is 3.50. The first-order valence-electron chi connectivity index (χ1n) is 11.2. The Bertz CT molecular complexity index is 1840. The zero-order valence-corrected chi connectivity index (χ0v) is 19.3. The number of imidazole rings is 1. The Morgan fingerprint density at radius 1 is 0.917 bits per heavy atom. The number of carbonyl (C=O) groups is 1. The summed E-state index contributed by atoms with van der Waals surface area (Å²) >= 11 is 0. The van der Waals surface area contributed by atoms with Crippen molar-refractivity contribution in [3.8, 4) is 28.4 Å². The van der Waals surface area contributed by atoms with Crippen LogP contribution in [0.4, 0.5) is 0 Å². The van der Waals surface area contributed by atoms with E-state index in [1.54, 1.807) is 30.8 Å². The molecule has 0 saturated heterocycles. The second-order valence-corrected chi connectivity index (χ2v) is 8.92.